The second-order valence-electron chi connectivity index (χ2n) is 3.83. The summed E-state index contributed by atoms with van der Waals surface area (Å²) >= 11 is 5.55. The fraction of sp³-hybridized carbons (Fsp3) is 0.700. The van der Waals surface area contributed by atoms with Crippen LogP contribution in [0.2, 0.25) is 0 Å². The van der Waals surface area contributed by atoms with Crippen molar-refractivity contribution in [3.63, 3.8) is 0 Å². The number of carboxylic acids is 1. The zero-order chi connectivity index (χ0) is 10.6. The van der Waals surface area contributed by atoms with Gasteiger partial charge < -0.3 is 9.84 Å². The molecule has 0 aromatic rings. The molecular weight excluding hydrogens is 204 g/mol. The molecule has 0 unspecified atom stereocenters. The summed E-state index contributed by atoms with van der Waals surface area (Å²) in [6, 6.07) is 0. The molecule has 1 rings (SSSR count). The summed E-state index contributed by atoms with van der Waals surface area (Å²) < 4.78 is 5.17. The number of hydrogen-bond donors (Lipinski definition) is 1. The fourth-order valence-corrected chi connectivity index (χ4v) is 1.88. The van der Waals surface area contributed by atoms with E-state index < -0.39 is 11.4 Å². The first-order valence-electron chi connectivity index (χ1n) is 4.68. The molecule has 1 aliphatic heterocycles. The van der Waals surface area contributed by atoms with Gasteiger partial charge in [-0.2, -0.15) is 0 Å². The van der Waals surface area contributed by atoms with Gasteiger partial charge in [0, 0.05) is 18.7 Å². The number of halogens is 1. The van der Waals surface area contributed by atoms with Crippen molar-refractivity contribution in [1.29, 1.82) is 0 Å². The Morgan fingerprint density at radius 3 is 2.57 bits per heavy atom. The molecule has 0 aromatic carbocycles. The van der Waals surface area contributed by atoms with Gasteiger partial charge in [-0.3, -0.25) is 4.79 Å². The van der Waals surface area contributed by atoms with Gasteiger partial charge in [0.05, 0.1) is 5.41 Å². The lowest BCUT2D eigenvalue weighted by Crippen LogP contribution is -2.37. The number of aliphatic carboxylic acids is 1. The lowest BCUT2D eigenvalue weighted by atomic mass is 9.75. The third-order valence-electron chi connectivity index (χ3n) is 2.71. The van der Waals surface area contributed by atoms with Crippen LogP contribution in [0.15, 0.2) is 11.1 Å². The molecule has 3 nitrogen and oxygen atoms in total. The average molecular weight is 219 g/mol. The van der Waals surface area contributed by atoms with Crippen molar-refractivity contribution in [1.82, 2.24) is 0 Å². The van der Waals surface area contributed by atoms with Gasteiger partial charge in [0.15, 0.2) is 0 Å². The van der Waals surface area contributed by atoms with Crippen LogP contribution in [0.3, 0.4) is 0 Å². The monoisotopic (exact) mass is 218 g/mol. The Bertz CT molecular complexity index is 242. The second-order valence-corrected chi connectivity index (χ2v) is 4.05. The van der Waals surface area contributed by atoms with Crippen LogP contribution in [-0.2, 0) is 9.53 Å². The summed E-state index contributed by atoms with van der Waals surface area (Å²) in [6.07, 6.45) is 1.67. The molecule has 1 N–H and O–H groups in total. The first-order valence-corrected chi connectivity index (χ1v) is 5.11. The molecule has 14 heavy (non-hydrogen) atoms. The predicted octanol–water partition coefficient (Wildman–Crippen LogP) is 2.40. The van der Waals surface area contributed by atoms with Crippen molar-refractivity contribution < 1.29 is 14.6 Å². The molecular formula is C10H15ClO3. The SMILES string of the molecule is C/C(=C\Cl)CC1(C(=O)O)CCOCC1. The molecule has 0 spiro atoms. The van der Waals surface area contributed by atoms with Crippen LogP contribution in [-0.4, -0.2) is 24.3 Å². The van der Waals surface area contributed by atoms with Gasteiger partial charge in [0.2, 0.25) is 0 Å². The van der Waals surface area contributed by atoms with Crippen molar-refractivity contribution in [3.8, 4) is 0 Å². The number of carbonyl (C=O) groups is 1. The summed E-state index contributed by atoms with van der Waals surface area (Å²) in [4.78, 5) is 11.2. The van der Waals surface area contributed by atoms with Crippen molar-refractivity contribution in [2.24, 2.45) is 5.41 Å². The second kappa shape index (κ2) is 4.80. The highest BCUT2D eigenvalue weighted by Crippen LogP contribution is 2.37. The maximum atomic E-state index is 11.2. The van der Waals surface area contributed by atoms with E-state index in [4.69, 9.17) is 16.3 Å². The van der Waals surface area contributed by atoms with E-state index in [1.165, 1.54) is 5.54 Å². The standard InChI is InChI=1S/C10H15ClO3/c1-8(7-11)6-10(9(12)13)2-4-14-5-3-10/h7H,2-6H2,1H3,(H,12,13)/b8-7+. The topological polar surface area (TPSA) is 46.5 Å². The number of allylic oxidation sites excluding steroid dienone is 1. The van der Waals surface area contributed by atoms with Gasteiger partial charge in [-0.25, -0.2) is 0 Å². The van der Waals surface area contributed by atoms with E-state index in [0.29, 0.717) is 32.5 Å². The molecule has 80 valence electrons. The Morgan fingerprint density at radius 2 is 2.14 bits per heavy atom. The van der Waals surface area contributed by atoms with Crippen LogP contribution >= 0.6 is 11.6 Å². The number of rotatable bonds is 3. The molecule has 1 aliphatic rings. The quantitative estimate of drug-likeness (QED) is 0.791. The van der Waals surface area contributed by atoms with E-state index >= 15 is 0 Å². The molecule has 1 heterocycles. The molecule has 0 saturated carbocycles. The zero-order valence-corrected chi connectivity index (χ0v) is 9.01. The smallest absolute Gasteiger partial charge is 0.310 e. The van der Waals surface area contributed by atoms with E-state index in [2.05, 4.69) is 0 Å². The van der Waals surface area contributed by atoms with E-state index in [9.17, 15) is 9.90 Å². The summed E-state index contributed by atoms with van der Waals surface area (Å²) in [6.45, 7) is 2.91. The third-order valence-corrected chi connectivity index (χ3v) is 3.08. The Hall–Kier alpha value is -0.540. The molecule has 0 bridgehead atoms. The van der Waals surface area contributed by atoms with Crippen LogP contribution < -0.4 is 0 Å². The molecule has 0 aliphatic carbocycles. The van der Waals surface area contributed by atoms with Crippen molar-refractivity contribution >= 4 is 17.6 Å². The van der Waals surface area contributed by atoms with E-state index in [0.717, 1.165) is 5.57 Å². The number of carboxylic acid groups (broad SMARTS) is 1. The minimum absolute atomic E-state index is 0.523. The van der Waals surface area contributed by atoms with E-state index in [1.807, 2.05) is 6.92 Å². The zero-order valence-electron chi connectivity index (χ0n) is 8.25. The summed E-state index contributed by atoms with van der Waals surface area (Å²) in [5, 5.41) is 9.21. The summed E-state index contributed by atoms with van der Waals surface area (Å²) in [7, 11) is 0. The Morgan fingerprint density at radius 1 is 1.57 bits per heavy atom. The van der Waals surface area contributed by atoms with Crippen LogP contribution in [0.25, 0.3) is 0 Å². The van der Waals surface area contributed by atoms with Crippen molar-refractivity contribution in [2.45, 2.75) is 26.2 Å². The van der Waals surface area contributed by atoms with Crippen LogP contribution in [0.5, 0.6) is 0 Å². The van der Waals surface area contributed by atoms with Crippen LogP contribution in [0.1, 0.15) is 26.2 Å². The Labute approximate surface area is 88.7 Å². The van der Waals surface area contributed by atoms with E-state index in [1.54, 1.807) is 0 Å². The molecule has 0 amide bonds. The first-order chi connectivity index (χ1) is 6.60. The summed E-state index contributed by atoms with van der Waals surface area (Å²) in [5.41, 5.74) is 1.71. The van der Waals surface area contributed by atoms with Gasteiger partial charge in [-0.15, -0.1) is 0 Å². The normalized spacial score (nSPS) is 22.0. The lowest BCUT2D eigenvalue weighted by Gasteiger charge is -2.33. The van der Waals surface area contributed by atoms with Crippen LogP contribution in [0.4, 0.5) is 0 Å². The average Bonchev–Trinajstić information content (AvgIpc) is 2.19. The molecule has 0 radical (unpaired) electrons. The number of ether oxygens (including phenoxy) is 1. The Balaban J connectivity index is 2.75. The maximum Gasteiger partial charge on any atom is 0.310 e. The van der Waals surface area contributed by atoms with Gasteiger partial charge >= 0.3 is 5.97 Å². The molecule has 0 atom stereocenters. The molecule has 1 saturated heterocycles. The first kappa shape index (κ1) is 11.5. The van der Waals surface area contributed by atoms with Gasteiger partial charge in [-0.1, -0.05) is 17.2 Å². The highest BCUT2D eigenvalue weighted by Gasteiger charge is 2.39. The highest BCUT2D eigenvalue weighted by molar-refractivity contribution is 6.25. The minimum Gasteiger partial charge on any atom is -0.481 e. The molecule has 4 heteroatoms. The number of hydrogen-bond acceptors (Lipinski definition) is 2. The molecule has 0 aromatic heterocycles. The van der Waals surface area contributed by atoms with Gasteiger partial charge in [-0.05, 0) is 26.2 Å². The predicted molar refractivity (Wildman–Crippen MR) is 54.3 cm³/mol. The van der Waals surface area contributed by atoms with Crippen molar-refractivity contribution in [2.75, 3.05) is 13.2 Å². The van der Waals surface area contributed by atoms with Crippen molar-refractivity contribution in [3.05, 3.63) is 11.1 Å². The van der Waals surface area contributed by atoms with Crippen LogP contribution in [0, 0.1) is 5.41 Å². The van der Waals surface area contributed by atoms with Gasteiger partial charge in [0.1, 0.15) is 0 Å². The molecule has 1 fully saturated rings. The third kappa shape index (κ3) is 2.49. The van der Waals surface area contributed by atoms with E-state index in [-0.39, 0.29) is 0 Å². The summed E-state index contributed by atoms with van der Waals surface area (Å²) in [5.74, 6) is -0.737. The Kier molecular flexibility index (Phi) is 3.96. The lowest BCUT2D eigenvalue weighted by molar-refractivity contribution is -0.154. The highest BCUT2D eigenvalue weighted by atomic mass is 35.5. The largest absolute Gasteiger partial charge is 0.481 e. The van der Waals surface area contributed by atoms with Gasteiger partial charge in [0.25, 0.3) is 0 Å². The fourth-order valence-electron chi connectivity index (χ4n) is 1.80. The minimum atomic E-state index is -0.737. The maximum absolute atomic E-state index is 11.2.